The molecule has 1 rings (SSSR count). The number of rotatable bonds is 1. The third-order valence-corrected chi connectivity index (χ3v) is 1.27. The van der Waals surface area contributed by atoms with E-state index in [0.717, 1.165) is 0 Å². The predicted octanol–water partition coefficient (Wildman–Crippen LogP) is 0.439. The highest BCUT2D eigenvalue weighted by molar-refractivity contribution is 6.36. The van der Waals surface area contributed by atoms with Crippen LogP contribution in [-0.4, -0.2) is 13.8 Å². The van der Waals surface area contributed by atoms with Gasteiger partial charge in [-0.05, 0) is 6.07 Å². The van der Waals surface area contributed by atoms with Gasteiger partial charge >= 0.3 is 0 Å². The number of amides is 1. The van der Waals surface area contributed by atoms with Crippen molar-refractivity contribution in [3.05, 3.63) is 24.3 Å². The summed E-state index contributed by atoms with van der Waals surface area (Å²) in [5.74, 6) is -0.108. The van der Waals surface area contributed by atoms with Crippen LogP contribution >= 0.6 is 0 Å². The van der Waals surface area contributed by atoms with Crippen LogP contribution < -0.4 is 10.8 Å². The molecule has 0 bridgehead atoms. The zero-order valence-electron chi connectivity index (χ0n) is 6.29. The maximum Gasteiger partial charge on any atom is 0.221 e. The summed E-state index contributed by atoms with van der Waals surface area (Å²) < 4.78 is 0. The van der Waals surface area contributed by atoms with Gasteiger partial charge in [0.1, 0.15) is 7.85 Å². The molecule has 0 spiro atoms. The average Bonchev–Trinajstić information content (AvgIpc) is 1.93. The van der Waals surface area contributed by atoms with E-state index in [1.165, 1.54) is 6.92 Å². The lowest BCUT2D eigenvalue weighted by atomic mass is 9.94. The van der Waals surface area contributed by atoms with Gasteiger partial charge in [-0.1, -0.05) is 23.7 Å². The second-order valence-electron chi connectivity index (χ2n) is 2.27. The number of carbonyl (C=O) groups is 1. The van der Waals surface area contributed by atoms with Crippen molar-refractivity contribution in [1.82, 2.24) is 0 Å². The third-order valence-electron chi connectivity index (χ3n) is 1.27. The number of hydrogen-bond acceptors (Lipinski definition) is 1. The fraction of sp³-hybridized carbons (Fsp3) is 0.125. The quantitative estimate of drug-likeness (QED) is 0.570. The molecule has 0 unspecified atom stereocenters. The van der Waals surface area contributed by atoms with Crippen molar-refractivity contribution >= 4 is 24.9 Å². The fourth-order valence-corrected chi connectivity index (χ4v) is 0.800. The van der Waals surface area contributed by atoms with Crippen molar-refractivity contribution in [1.29, 1.82) is 0 Å². The van der Waals surface area contributed by atoms with Crippen LogP contribution in [0.1, 0.15) is 6.92 Å². The predicted molar refractivity (Wildman–Crippen MR) is 46.1 cm³/mol. The van der Waals surface area contributed by atoms with E-state index in [-0.39, 0.29) is 5.91 Å². The third kappa shape index (κ3) is 2.11. The molecule has 2 radical (unpaired) electrons. The maximum absolute atomic E-state index is 10.6. The van der Waals surface area contributed by atoms with E-state index in [0.29, 0.717) is 11.2 Å². The molecule has 3 heteroatoms. The molecular formula is C8H8BNO. The molecule has 0 atom stereocenters. The molecule has 1 N–H and O–H groups in total. The second-order valence-corrected chi connectivity index (χ2v) is 2.27. The van der Waals surface area contributed by atoms with Gasteiger partial charge in [-0.15, -0.1) is 0 Å². The van der Waals surface area contributed by atoms with Crippen molar-refractivity contribution in [2.24, 2.45) is 0 Å². The number of carbonyl (C=O) groups excluding carboxylic acids is 1. The smallest absolute Gasteiger partial charge is 0.221 e. The van der Waals surface area contributed by atoms with E-state index in [4.69, 9.17) is 7.85 Å². The maximum atomic E-state index is 10.6. The van der Waals surface area contributed by atoms with Gasteiger partial charge in [-0.25, -0.2) is 0 Å². The van der Waals surface area contributed by atoms with E-state index < -0.39 is 0 Å². The van der Waals surface area contributed by atoms with Crippen LogP contribution in [0.2, 0.25) is 0 Å². The Kier molecular flexibility index (Phi) is 2.31. The lowest BCUT2D eigenvalue weighted by Crippen LogP contribution is -2.15. The van der Waals surface area contributed by atoms with E-state index >= 15 is 0 Å². The summed E-state index contributed by atoms with van der Waals surface area (Å²) >= 11 is 0. The Hall–Kier alpha value is -1.25. The first-order chi connectivity index (χ1) is 5.20. The van der Waals surface area contributed by atoms with Gasteiger partial charge in [0.25, 0.3) is 0 Å². The van der Waals surface area contributed by atoms with Gasteiger partial charge < -0.3 is 5.32 Å². The SMILES string of the molecule is [B]c1ccccc1NC(C)=O. The fourth-order valence-electron chi connectivity index (χ4n) is 0.800. The topological polar surface area (TPSA) is 29.1 Å². The van der Waals surface area contributed by atoms with Crippen molar-refractivity contribution in [3.63, 3.8) is 0 Å². The lowest BCUT2D eigenvalue weighted by molar-refractivity contribution is -0.114. The lowest BCUT2D eigenvalue weighted by Gasteiger charge is -2.04. The van der Waals surface area contributed by atoms with Crippen LogP contribution in [0.5, 0.6) is 0 Å². The number of benzene rings is 1. The van der Waals surface area contributed by atoms with E-state index in [9.17, 15) is 4.79 Å². The highest BCUT2D eigenvalue weighted by atomic mass is 16.1. The number of hydrogen-bond donors (Lipinski definition) is 1. The van der Waals surface area contributed by atoms with Crippen LogP contribution in [0, 0.1) is 0 Å². The molecule has 2 nitrogen and oxygen atoms in total. The molecule has 54 valence electrons. The van der Waals surface area contributed by atoms with E-state index in [2.05, 4.69) is 5.32 Å². The van der Waals surface area contributed by atoms with Gasteiger partial charge in [0.15, 0.2) is 0 Å². The van der Waals surface area contributed by atoms with Crippen LogP contribution in [0.25, 0.3) is 0 Å². The first-order valence-electron chi connectivity index (χ1n) is 3.32. The summed E-state index contributed by atoms with van der Waals surface area (Å²) in [4.78, 5) is 10.6. The Labute approximate surface area is 67.0 Å². The highest BCUT2D eigenvalue weighted by Crippen LogP contribution is 2.00. The largest absolute Gasteiger partial charge is 0.327 e. The molecule has 0 saturated carbocycles. The van der Waals surface area contributed by atoms with Gasteiger partial charge in [0, 0.05) is 12.6 Å². The van der Waals surface area contributed by atoms with Gasteiger partial charge in [-0.2, -0.15) is 0 Å². The zero-order valence-corrected chi connectivity index (χ0v) is 6.29. The summed E-state index contributed by atoms with van der Waals surface area (Å²) in [6, 6.07) is 7.14. The average molecular weight is 145 g/mol. The molecule has 0 fully saturated rings. The van der Waals surface area contributed by atoms with Gasteiger partial charge in [0.2, 0.25) is 5.91 Å². The molecule has 0 aliphatic carbocycles. The monoisotopic (exact) mass is 145 g/mol. The minimum Gasteiger partial charge on any atom is -0.327 e. The minimum absolute atomic E-state index is 0.108. The standard InChI is InChI=1S/C8H8BNO/c1-6(11)10-8-5-3-2-4-7(8)9/h2-5H,1H3,(H,10,11). The normalized spacial score (nSPS) is 9.18. The summed E-state index contributed by atoms with van der Waals surface area (Å²) in [5, 5.41) is 2.61. The highest BCUT2D eigenvalue weighted by Gasteiger charge is 1.95. The van der Waals surface area contributed by atoms with Crippen molar-refractivity contribution in [3.8, 4) is 0 Å². The molecule has 1 aromatic rings. The molecule has 0 aliphatic heterocycles. The van der Waals surface area contributed by atoms with E-state index in [1.807, 2.05) is 12.1 Å². The molecule has 0 heterocycles. The Balaban J connectivity index is 2.86. The summed E-state index contributed by atoms with van der Waals surface area (Å²) in [5.41, 5.74) is 1.25. The Morgan fingerprint density at radius 1 is 1.45 bits per heavy atom. The van der Waals surface area contributed by atoms with Crippen LogP contribution in [0.4, 0.5) is 5.69 Å². The van der Waals surface area contributed by atoms with Gasteiger partial charge in [-0.3, -0.25) is 4.79 Å². The molecule has 11 heavy (non-hydrogen) atoms. The first-order valence-corrected chi connectivity index (χ1v) is 3.32. The van der Waals surface area contributed by atoms with Crippen LogP contribution in [0.15, 0.2) is 24.3 Å². The Morgan fingerprint density at radius 3 is 2.64 bits per heavy atom. The summed E-state index contributed by atoms with van der Waals surface area (Å²) in [6.45, 7) is 1.45. The van der Waals surface area contributed by atoms with E-state index in [1.54, 1.807) is 12.1 Å². The number of anilines is 1. The molecule has 1 aromatic carbocycles. The Bertz CT molecular complexity index is 273. The molecule has 0 aromatic heterocycles. The summed E-state index contributed by atoms with van der Waals surface area (Å²) in [6.07, 6.45) is 0. The minimum atomic E-state index is -0.108. The number of para-hydroxylation sites is 1. The van der Waals surface area contributed by atoms with Crippen molar-refractivity contribution in [2.45, 2.75) is 6.92 Å². The number of nitrogens with one attached hydrogen (secondary N) is 1. The van der Waals surface area contributed by atoms with Crippen LogP contribution in [-0.2, 0) is 4.79 Å². The van der Waals surface area contributed by atoms with Crippen molar-refractivity contribution in [2.75, 3.05) is 5.32 Å². The summed E-state index contributed by atoms with van der Waals surface area (Å²) in [7, 11) is 5.55. The van der Waals surface area contributed by atoms with Gasteiger partial charge in [0.05, 0.1) is 0 Å². The Morgan fingerprint density at radius 2 is 2.09 bits per heavy atom. The molecule has 0 saturated heterocycles. The first kappa shape index (κ1) is 7.86. The zero-order chi connectivity index (χ0) is 8.27. The van der Waals surface area contributed by atoms with Crippen molar-refractivity contribution < 1.29 is 4.79 Å². The molecular weight excluding hydrogens is 137 g/mol. The molecule has 1 amide bonds. The molecule has 0 aliphatic rings. The second kappa shape index (κ2) is 3.24. The van der Waals surface area contributed by atoms with Crippen LogP contribution in [0.3, 0.4) is 0 Å².